The number of piperidine rings is 1. The van der Waals surface area contributed by atoms with Crippen molar-refractivity contribution in [3.63, 3.8) is 0 Å². The fraction of sp³-hybridized carbons (Fsp3) is 0.500. The summed E-state index contributed by atoms with van der Waals surface area (Å²) in [7, 11) is 0. The smallest absolute Gasteiger partial charge is 0.159 e. The Kier molecular flexibility index (Phi) is 5.41. The molecule has 1 aromatic carbocycles. The van der Waals surface area contributed by atoms with Gasteiger partial charge in [0, 0.05) is 18.3 Å². The predicted molar refractivity (Wildman–Crippen MR) is 106 cm³/mol. The van der Waals surface area contributed by atoms with E-state index in [4.69, 9.17) is 5.73 Å². The largest absolute Gasteiger partial charge is 0.393 e. The molecular formula is C20H29N5. The average Bonchev–Trinajstić information content (AvgIpc) is 2.64. The Balaban J connectivity index is 1.83. The maximum Gasteiger partial charge on any atom is 0.159 e. The number of nitrogens with zero attached hydrogens (tertiary/aromatic N) is 3. The van der Waals surface area contributed by atoms with Gasteiger partial charge in [0.15, 0.2) is 11.6 Å². The van der Waals surface area contributed by atoms with Gasteiger partial charge in [0.05, 0.1) is 0 Å². The molecule has 1 atom stereocenters. The van der Waals surface area contributed by atoms with E-state index in [-0.39, 0.29) is 0 Å². The van der Waals surface area contributed by atoms with Gasteiger partial charge in [-0.25, -0.2) is 9.97 Å². The first kappa shape index (κ1) is 17.5. The van der Waals surface area contributed by atoms with Gasteiger partial charge in [-0.3, -0.25) is 0 Å². The first-order valence-electron chi connectivity index (χ1n) is 9.34. The van der Waals surface area contributed by atoms with Gasteiger partial charge < -0.3 is 16.0 Å². The zero-order chi connectivity index (χ0) is 17.8. The summed E-state index contributed by atoms with van der Waals surface area (Å²) >= 11 is 0. The van der Waals surface area contributed by atoms with Crippen molar-refractivity contribution in [3.8, 4) is 0 Å². The molecule has 0 bridgehead atoms. The highest BCUT2D eigenvalue weighted by Gasteiger charge is 2.24. The summed E-state index contributed by atoms with van der Waals surface area (Å²) in [6.45, 7) is 7.64. The number of hydrogen-bond acceptors (Lipinski definition) is 5. The van der Waals surface area contributed by atoms with Crippen molar-refractivity contribution in [3.05, 3.63) is 36.2 Å². The molecule has 0 amide bonds. The van der Waals surface area contributed by atoms with Gasteiger partial charge in [-0.1, -0.05) is 32.9 Å². The van der Waals surface area contributed by atoms with Crippen molar-refractivity contribution >= 4 is 23.0 Å². The van der Waals surface area contributed by atoms with Crippen LogP contribution in [0.2, 0.25) is 0 Å². The van der Waals surface area contributed by atoms with E-state index in [9.17, 15) is 0 Å². The van der Waals surface area contributed by atoms with E-state index in [1.54, 1.807) is 6.33 Å². The topological polar surface area (TPSA) is 67.1 Å². The molecule has 0 radical (unpaired) electrons. The first-order valence-corrected chi connectivity index (χ1v) is 9.34. The summed E-state index contributed by atoms with van der Waals surface area (Å²) in [5, 5.41) is 3.35. The van der Waals surface area contributed by atoms with E-state index >= 15 is 0 Å². The Morgan fingerprint density at radius 2 is 1.96 bits per heavy atom. The highest BCUT2D eigenvalue weighted by Crippen LogP contribution is 2.33. The minimum absolute atomic E-state index is 0.518. The van der Waals surface area contributed by atoms with E-state index in [1.807, 2.05) is 0 Å². The average molecular weight is 339 g/mol. The molecule has 0 saturated carbocycles. The van der Waals surface area contributed by atoms with Crippen LogP contribution in [-0.2, 0) is 0 Å². The van der Waals surface area contributed by atoms with Crippen molar-refractivity contribution in [2.45, 2.75) is 58.4 Å². The molecule has 134 valence electrons. The normalized spacial score (nSPS) is 17.8. The fourth-order valence-corrected chi connectivity index (χ4v) is 3.51. The molecule has 3 N–H and O–H groups in total. The number of anilines is 4. The summed E-state index contributed by atoms with van der Waals surface area (Å²) in [4.78, 5) is 11.2. The summed E-state index contributed by atoms with van der Waals surface area (Å²) in [6, 6.07) is 8.95. The lowest BCUT2D eigenvalue weighted by atomic mass is 10.00. The molecule has 1 unspecified atom stereocenters. The van der Waals surface area contributed by atoms with Crippen LogP contribution < -0.4 is 16.0 Å². The molecule has 5 heteroatoms. The van der Waals surface area contributed by atoms with Gasteiger partial charge in [0.25, 0.3) is 0 Å². The number of nitrogens with two attached hydrogens (primary N) is 1. The van der Waals surface area contributed by atoms with Crippen LogP contribution in [0.25, 0.3) is 0 Å². The summed E-state index contributed by atoms with van der Waals surface area (Å²) in [6.07, 6.45) is 6.41. The van der Waals surface area contributed by atoms with Crippen LogP contribution in [0.5, 0.6) is 0 Å². The summed E-state index contributed by atoms with van der Waals surface area (Å²) < 4.78 is 0. The van der Waals surface area contributed by atoms with Gasteiger partial charge in [-0.15, -0.1) is 0 Å². The van der Waals surface area contributed by atoms with Crippen molar-refractivity contribution in [1.82, 2.24) is 9.97 Å². The maximum atomic E-state index is 6.43. The predicted octanol–water partition coefficient (Wildman–Crippen LogP) is 4.69. The zero-order valence-electron chi connectivity index (χ0n) is 15.5. The molecule has 1 aliphatic heterocycles. The lowest BCUT2D eigenvalue weighted by Crippen LogP contribution is -2.40. The standard InChI is InChI=1S/C20H29N5/c1-4-17-7-5-6-12-25(17)20-18(21)19(22-13-23-20)24-16-10-8-15(9-11-16)14(2)3/h8-11,13-14,17H,4-7,12,21H2,1-3H3,(H,22,23,24). The quantitative estimate of drug-likeness (QED) is 0.827. The van der Waals surface area contributed by atoms with Gasteiger partial charge in [0.2, 0.25) is 0 Å². The van der Waals surface area contributed by atoms with Gasteiger partial charge in [-0.05, 0) is 49.3 Å². The Hall–Kier alpha value is -2.30. The molecule has 5 nitrogen and oxygen atoms in total. The minimum Gasteiger partial charge on any atom is -0.393 e. The van der Waals surface area contributed by atoms with Crippen molar-refractivity contribution < 1.29 is 0 Å². The lowest BCUT2D eigenvalue weighted by Gasteiger charge is -2.36. The summed E-state index contributed by atoms with van der Waals surface area (Å²) in [5.41, 5.74) is 9.38. The highest BCUT2D eigenvalue weighted by atomic mass is 15.2. The van der Waals surface area contributed by atoms with Crippen LogP contribution in [0.3, 0.4) is 0 Å². The van der Waals surface area contributed by atoms with Gasteiger partial charge >= 0.3 is 0 Å². The molecule has 1 aromatic heterocycles. The Morgan fingerprint density at radius 1 is 1.20 bits per heavy atom. The lowest BCUT2D eigenvalue weighted by molar-refractivity contribution is 0.447. The zero-order valence-corrected chi connectivity index (χ0v) is 15.5. The van der Waals surface area contributed by atoms with Crippen LogP contribution in [0.15, 0.2) is 30.6 Å². The Bertz CT molecular complexity index is 696. The Morgan fingerprint density at radius 3 is 2.64 bits per heavy atom. The third-order valence-corrected chi connectivity index (χ3v) is 5.07. The van der Waals surface area contributed by atoms with Gasteiger partial charge in [-0.2, -0.15) is 0 Å². The molecule has 1 aliphatic rings. The number of nitrogens with one attached hydrogen (secondary N) is 1. The van der Waals surface area contributed by atoms with E-state index in [1.165, 1.54) is 24.8 Å². The maximum absolute atomic E-state index is 6.43. The van der Waals surface area contributed by atoms with Crippen LogP contribution in [-0.4, -0.2) is 22.6 Å². The first-order chi connectivity index (χ1) is 12.1. The Labute approximate surface area is 150 Å². The second kappa shape index (κ2) is 7.72. The van der Waals surface area contributed by atoms with E-state index in [0.29, 0.717) is 23.5 Å². The molecule has 25 heavy (non-hydrogen) atoms. The molecule has 2 aromatic rings. The number of nitrogen functional groups attached to an aromatic ring is 1. The number of benzene rings is 1. The number of aromatic nitrogens is 2. The monoisotopic (exact) mass is 339 g/mol. The molecule has 1 saturated heterocycles. The highest BCUT2D eigenvalue weighted by molar-refractivity contribution is 5.78. The van der Waals surface area contributed by atoms with E-state index in [2.05, 4.69) is 65.2 Å². The molecule has 1 fully saturated rings. The van der Waals surface area contributed by atoms with E-state index in [0.717, 1.165) is 24.5 Å². The van der Waals surface area contributed by atoms with Crippen molar-refractivity contribution in [2.24, 2.45) is 0 Å². The van der Waals surface area contributed by atoms with E-state index < -0.39 is 0 Å². The van der Waals surface area contributed by atoms with Crippen molar-refractivity contribution in [1.29, 1.82) is 0 Å². The second-order valence-corrected chi connectivity index (χ2v) is 7.11. The van der Waals surface area contributed by atoms with Crippen molar-refractivity contribution in [2.75, 3.05) is 22.5 Å². The number of rotatable bonds is 5. The van der Waals surface area contributed by atoms with Crippen LogP contribution >= 0.6 is 0 Å². The minimum atomic E-state index is 0.518. The summed E-state index contributed by atoms with van der Waals surface area (Å²) in [5.74, 6) is 2.07. The molecule has 0 aliphatic carbocycles. The second-order valence-electron chi connectivity index (χ2n) is 7.11. The number of hydrogen-bond donors (Lipinski definition) is 2. The molecule has 3 rings (SSSR count). The van der Waals surface area contributed by atoms with Crippen LogP contribution in [0.4, 0.5) is 23.0 Å². The van der Waals surface area contributed by atoms with Gasteiger partial charge in [0.1, 0.15) is 12.0 Å². The third-order valence-electron chi connectivity index (χ3n) is 5.07. The molecule has 0 spiro atoms. The van der Waals surface area contributed by atoms with Crippen LogP contribution in [0, 0.1) is 0 Å². The third kappa shape index (κ3) is 3.86. The fourth-order valence-electron chi connectivity index (χ4n) is 3.51. The molecule has 2 heterocycles. The van der Waals surface area contributed by atoms with Crippen LogP contribution in [0.1, 0.15) is 57.9 Å². The molecular weight excluding hydrogens is 310 g/mol. The SMILES string of the molecule is CCC1CCCCN1c1ncnc(Nc2ccc(C(C)C)cc2)c1N.